The Hall–Kier alpha value is -0.290. The second-order valence-electron chi connectivity index (χ2n) is 39.5. The Kier molecular flexibility index (Phi) is 94.8. The number of rotatable bonds is 13. The fourth-order valence-corrected chi connectivity index (χ4v) is 20.5. The fourth-order valence-electron chi connectivity index (χ4n) is 19.1. The number of thioether (sulfide) groups is 1. The number of ether oxygens (including phenoxy) is 6. The van der Waals surface area contributed by atoms with Crippen LogP contribution in [0.4, 0.5) is 0 Å². The van der Waals surface area contributed by atoms with Crippen LogP contribution in [0.2, 0.25) is 0 Å². The van der Waals surface area contributed by atoms with E-state index in [9.17, 15) is 51.1 Å². The van der Waals surface area contributed by atoms with Crippen LogP contribution in [-0.2, 0) is 28.4 Å². The van der Waals surface area contributed by atoms with Crippen molar-refractivity contribution in [3.63, 3.8) is 0 Å². The molecule has 0 aromatic rings. The van der Waals surface area contributed by atoms with E-state index >= 15 is 0 Å². The van der Waals surface area contributed by atoms with Crippen LogP contribution in [0.1, 0.15) is 449 Å². The first-order valence-corrected chi connectivity index (χ1v) is 54.0. The highest BCUT2D eigenvalue weighted by atomic mass is 32.2. The molecule has 776 valence electrons. The highest BCUT2D eigenvalue weighted by Gasteiger charge is 2.46. The molecule has 7 heterocycles. The zero-order valence-electron chi connectivity index (χ0n) is 94.2. The normalized spacial score (nSPS) is 33.0. The number of aliphatic hydroxyl groups excluding tert-OH is 3. The van der Waals surface area contributed by atoms with Crippen molar-refractivity contribution in [2.75, 3.05) is 65.2 Å². The van der Waals surface area contributed by atoms with Crippen LogP contribution in [0.5, 0.6) is 0 Å². The number of hydrogen-bond acceptors (Lipinski definition) is 17. The van der Waals surface area contributed by atoms with Gasteiger partial charge in [0.15, 0.2) is 0 Å². The first-order chi connectivity index (χ1) is 58.6. The number of hydrogen-bond donors (Lipinski definition) is 10. The highest BCUT2D eigenvalue weighted by Crippen LogP contribution is 2.44. The maximum Gasteiger partial charge on any atom is 0.111 e. The van der Waals surface area contributed by atoms with Gasteiger partial charge < -0.3 is 79.5 Å². The summed E-state index contributed by atoms with van der Waals surface area (Å²) in [4.78, 5) is 0. The van der Waals surface area contributed by atoms with Crippen LogP contribution in [0, 0.1) is 112 Å². The van der Waals surface area contributed by atoms with E-state index in [-0.39, 0.29) is 36.6 Å². The quantitative estimate of drug-likeness (QED) is 0.0822. The summed E-state index contributed by atoms with van der Waals surface area (Å²) in [5.74, 6) is 12.0. The molecule has 10 N–H and O–H groups in total. The lowest BCUT2D eigenvalue weighted by molar-refractivity contribution is -0.242. The van der Waals surface area contributed by atoms with E-state index in [1.165, 1.54) is 70.0 Å². The predicted molar refractivity (Wildman–Crippen MR) is 554 cm³/mol. The van der Waals surface area contributed by atoms with E-state index in [2.05, 4.69) is 138 Å². The lowest BCUT2D eigenvalue weighted by atomic mass is 9.66. The van der Waals surface area contributed by atoms with Gasteiger partial charge in [-0.2, -0.15) is 11.8 Å². The summed E-state index contributed by atoms with van der Waals surface area (Å²) < 4.78 is 31.8. The molecule has 0 amide bonds. The van der Waals surface area contributed by atoms with E-state index in [4.69, 9.17) is 28.4 Å². The molecule has 0 aromatic heterocycles. The fraction of sp³-hybridized carbons (Fsp3) is 1.00. The largest absolute Gasteiger partial charge is 0.393 e. The first kappa shape index (κ1) is 146. The Morgan fingerprint density at radius 3 is 0.770 bits per heavy atom. The van der Waals surface area contributed by atoms with Crippen LogP contribution in [0.15, 0.2) is 0 Å². The molecule has 0 aromatic carbocycles. The van der Waals surface area contributed by atoms with E-state index < -0.39 is 39.2 Å². The highest BCUT2D eigenvalue weighted by molar-refractivity contribution is 8.00. The first-order valence-electron chi connectivity index (χ1n) is 53.0. The zero-order chi connectivity index (χ0) is 102. The summed E-state index contributed by atoms with van der Waals surface area (Å²) in [6.45, 7) is 108. The van der Waals surface area contributed by atoms with Gasteiger partial charge >= 0.3 is 0 Å². The Morgan fingerprint density at radius 2 is 0.548 bits per heavy atom. The van der Waals surface area contributed by atoms with Crippen molar-refractivity contribution >= 4 is 11.8 Å². The minimum Gasteiger partial charge on any atom is -0.393 e. The molecular formula is C109H238O16S. The molecule has 3 saturated carbocycles. The van der Waals surface area contributed by atoms with E-state index in [0.29, 0.717) is 128 Å². The molecule has 23 atom stereocenters. The van der Waals surface area contributed by atoms with Crippen LogP contribution < -0.4 is 0 Å². The molecular weight excluding hydrogens is 1600 g/mol. The Morgan fingerprint density at radius 1 is 0.238 bits per heavy atom. The van der Waals surface area contributed by atoms with Crippen molar-refractivity contribution in [3.8, 4) is 0 Å². The van der Waals surface area contributed by atoms with Crippen molar-refractivity contribution in [2.24, 2.45) is 112 Å². The third kappa shape index (κ3) is 60.3. The van der Waals surface area contributed by atoms with Gasteiger partial charge in [0.1, 0.15) is 5.60 Å². The van der Waals surface area contributed by atoms with Gasteiger partial charge in [-0.25, -0.2) is 0 Å². The molecule has 16 nitrogen and oxygen atoms in total. The molecule has 0 radical (unpaired) electrons. The van der Waals surface area contributed by atoms with Crippen LogP contribution in [0.3, 0.4) is 0 Å². The monoisotopic (exact) mass is 1840 g/mol. The van der Waals surface area contributed by atoms with Gasteiger partial charge in [-0.1, -0.05) is 296 Å². The smallest absolute Gasteiger partial charge is 0.111 e. The van der Waals surface area contributed by atoms with Crippen LogP contribution in [-0.4, -0.2) is 197 Å². The predicted octanol–water partition coefficient (Wildman–Crippen LogP) is 27.3. The lowest BCUT2D eigenvalue weighted by Crippen LogP contribution is -2.58. The van der Waals surface area contributed by atoms with Gasteiger partial charge in [0, 0.05) is 49.9 Å². The minimum absolute atomic E-state index is 0.0243. The number of aliphatic hydroxyl groups is 10. The molecule has 0 bridgehead atoms. The average molecular weight is 1840 g/mol. The van der Waals surface area contributed by atoms with Gasteiger partial charge in [-0.15, -0.1) is 0 Å². The molecule has 10 aliphatic rings. The third-order valence-electron chi connectivity index (χ3n) is 25.4. The molecule has 23 unspecified atom stereocenters. The molecule has 17 heteroatoms. The summed E-state index contributed by atoms with van der Waals surface area (Å²) in [6.07, 6.45) is 18.1. The summed E-state index contributed by atoms with van der Waals surface area (Å²) >= 11 is 1.93. The van der Waals surface area contributed by atoms with Gasteiger partial charge in [0.05, 0.1) is 103 Å². The van der Waals surface area contributed by atoms with E-state index in [1.807, 2.05) is 219 Å². The van der Waals surface area contributed by atoms with Crippen LogP contribution in [0.25, 0.3) is 0 Å². The van der Waals surface area contributed by atoms with Crippen molar-refractivity contribution < 1.29 is 79.5 Å². The molecule has 10 rings (SSSR count). The molecule has 126 heavy (non-hydrogen) atoms. The van der Waals surface area contributed by atoms with Gasteiger partial charge in [-0.3, -0.25) is 0 Å². The molecule has 7 aliphatic heterocycles. The van der Waals surface area contributed by atoms with Gasteiger partial charge in [-0.05, 0) is 253 Å². The van der Waals surface area contributed by atoms with Crippen molar-refractivity contribution in [1.82, 2.24) is 0 Å². The van der Waals surface area contributed by atoms with Crippen molar-refractivity contribution in [3.05, 3.63) is 0 Å². The Bertz CT molecular complexity index is 2040. The third-order valence-corrected chi connectivity index (χ3v) is 27.3. The summed E-state index contributed by atoms with van der Waals surface area (Å²) in [5, 5.41) is 97.3. The summed E-state index contributed by atoms with van der Waals surface area (Å²) in [6, 6.07) is 0. The van der Waals surface area contributed by atoms with Crippen molar-refractivity contribution in [1.29, 1.82) is 0 Å². The second-order valence-corrected chi connectivity index (χ2v) is 40.8. The SMILES string of the molecule is CC.CC.CC.CC.CC.CC.CC.CC.CC.CC.CC(C)C1CCC1C(C)O.CC(C)C1CCCC1C(C)O.CC(C)C1CCCCC1C(C)O.CC(C)C1CCOCC1(C)O.CC(C)C1COCC1(C)O.CC(C)C1COCCC1(C)O.CC(C)C1OCC1(C)O.CC(C)C1OCCC1(C)O.CC(C)C1OCCCC1(C)O.CC(C)C1SCCCC1(C)O. The summed E-state index contributed by atoms with van der Waals surface area (Å²) in [7, 11) is 0. The maximum absolute atomic E-state index is 9.98. The van der Waals surface area contributed by atoms with Crippen LogP contribution >= 0.6 is 11.8 Å². The molecule has 10 fully saturated rings. The van der Waals surface area contributed by atoms with E-state index in [0.717, 1.165) is 87.2 Å². The second kappa shape index (κ2) is 81.8. The maximum atomic E-state index is 9.98. The molecule has 0 spiro atoms. The zero-order valence-corrected chi connectivity index (χ0v) is 95.0. The Labute approximate surface area is 794 Å². The molecule has 3 aliphatic carbocycles. The Balaban J connectivity index is -0.000000145. The van der Waals surface area contributed by atoms with Crippen molar-refractivity contribution in [2.45, 2.75) is 530 Å². The lowest BCUT2D eigenvalue weighted by Gasteiger charge is -2.44. The average Bonchev–Trinajstić information content (AvgIpc) is 0.976. The topological polar surface area (TPSA) is 258 Å². The summed E-state index contributed by atoms with van der Waals surface area (Å²) in [5.41, 5.74) is -3.88. The standard InChI is InChI=1S/C11H22O.C10H20O.3C9H18O2.C9H18OS.C9H18O.2C8H16O2.C7H14O2.10C2H6/c1-8(2)10-6-4-5-7-11(10)9(3)12;1-7(2)9-5-4-6-10(9)8(3)11;1-7(2)8-6-11-5-4-9(8,3)10;1-7(2)8-4-5-11-6-9(8,3)10;2*1-7(2)8-9(3,10)5-4-6-11-8;1-6(2)8-4-5-9(8)7(3)10;1-6(2)7-4-10-5-8(7,3)9;1-6(2)7-8(3,9)4-5-10-7;1-5(2)6-7(3,8)4-9-6;10*1-2/h8-12H,4-7H2,1-3H3;7-11H,4-6H2,1-3H3;4*7-8,10H,4-6H2,1-3H3;6-10H,4-5H2,1-3H3;2*6-7,9H,4-5H2,1-3H3;5-6,8H,4H2,1-3H3;10*1-2H3. The minimum atomic E-state index is -0.605. The van der Waals surface area contributed by atoms with E-state index in [1.54, 1.807) is 0 Å². The molecule has 7 saturated heterocycles. The van der Waals surface area contributed by atoms with Gasteiger partial charge in [0.25, 0.3) is 0 Å². The van der Waals surface area contributed by atoms with Gasteiger partial charge in [0.2, 0.25) is 0 Å².